The minimum atomic E-state index is 1.07. The van der Waals surface area contributed by atoms with Gasteiger partial charge in [0, 0.05) is 11.5 Å². The Balaban J connectivity index is 0.000000671. The zero-order chi connectivity index (χ0) is 10.1. The summed E-state index contributed by atoms with van der Waals surface area (Å²) in [5.41, 5.74) is 0. The van der Waals surface area contributed by atoms with Crippen LogP contribution in [0.5, 0.6) is 0 Å². The quantitative estimate of drug-likeness (QED) is 0.713. The molecule has 1 heterocycles. The van der Waals surface area contributed by atoms with Gasteiger partial charge < -0.3 is 4.98 Å². The van der Waals surface area contributed by atoms with E-state index in [1.54, 1.807) is 6.08 Å². The van der Waals surface area contributed by atoms with Crippen LogP contribution in [-0.4, -0.2) is 4.98 Å². The second-order valence-corrected chi connectivity index (χ2v) is 2.36. The first-order valence-corrected chi connectivity index (χ1v) is 4.84. The Labute approximate surface area is 80.5 Å². The molecule has 0 saturated heterocycles. The van der Waals surface area contributed by atoms with Gasteiger partial charge in [0.2, 0.25) is 0 Å². The molecule has 0 aliphatic carbocycles. The Morgan fingerprint density at radius 2 is 2.15 bits per heavy atom. The molecule has 0 spiro atoms. The summed E-state index contributed by atoms with van der Waals surface area (Å²) < 4.78 is 0. The average Bonchev–Trinajstić information content (AvgIpc) is 2.58. The fraction of sp³-hybridized carbons (Fsp3) is 0.333. The number of hydrogen-bond acceptors (Lipinski definition) is 0. The largest absolute Gasteiger partial charge is 0.361 e. The van der Waals surface area contributed by atoms with Crippen LogP contribution in [0.3, 0.4) is 0 Å². The van der Waals surface area contributed by atoms with Crippen molar-refractivity contribution in [3.8, 4) is 0 Å². The van der Waals surface area contributed by atoms with Crippen molar-refractivity contribution in [1.29, 1.82) is 0 Å². The molecular weight excluding hydrogens is 158 g/mol. The van der Waals surface area contributed by atoms with Gasteiger partial charge in [-0.25, -0.2) is 0 Å². The van der Waals surface area contributed by atoms with Crippen molar-refractivity contribution >= 4 is 12.2 Å². The summed E-state index contributed by atoms with van der Waals surface area (Å²) in [4.78, 5) is 3.13. The smallest absolute Gasteiger partial charge is 0.0450 e. The maximum absolute atomic E-state index is 3.65. The van der Waals surface area contributed by atoms with Gasteiger partial charge in [-0.05, 0) is 23.8 Å². The topological polar surface area (TPSA) is 15.8 Å². The van der Waals surface area contributed by atoms with Gasteiger partial charge in [-0.3, -0.25) is 0 Å². The minimum absolute atomic E-state index is 1.07. The molecule has 0 atom stereocenters. The van der Waals surface area contributed by atoms with Crippen LogP contribution in [0.1, 0.15) is 27.2 Å². The van der Waals surface area contributed by atoms with Crippen LogP contribution in [-0.2, 0) is 0 Å². The van der Waals surface area contributed by atoms with Crippen molar-refractivity contribution in [1.82, 2.24) is 4.98 Å². The number of nitrogens with one attached hydrogen (secondary N) is 1. The molecular formula is C12H19N. The predicted octanol–water partition coefficient (Wildman–Crippen LogP) is 2.20. The molecule has 0 aliphatic heterocycles. The number of aromatic amines is 1. The van der Waals surface area contributed by atoms with E-state index in [1.165, 1.54) is 5.22 Å². The monoisotopic (exact) mass is 177 g/mol. The third-order valence-electron chi connectivity index (χ3n) is 1.52. The molecule has 0 fully saturated rings. The summed E-state index contributed by atoms with van der Waals surface area (Å²) in [6.45, 7) is 9.78. The van der Waals surface area contributed by atoms with E-state index in [-0.39, 0.29) is 0 Å². The fourth-order valence-electron chi connectivity index (χ4n) is 1.05. The van der Waals surface area contributed by atoms with Gasteiger partial charge in [0.25, 0.3) is 0 Å². The van der Waals surface area contributed by atoms with E-state index in [0.29, 0.717) is 0 Å². The van der Waals surface area contributed by atoms with E-state index in [0.717, 1.165) is 11.8 Å². The van der Waals surface area contributed by atoms with Crippen LogP contribution in [0.2, 0.25) is 0 Å². The lowest BCUT2D eigenvalue weighted by atomic mass is 10.3. The molecule has 1 nitrogen and oxygen atoms in total. The van der Waals surface area contributed by atoms with Crippen LogP contribution in [0, 0.1) is 0 Å². The minimum Gasteiger partial charge on any atom is -0.361 e. The van der Waals surface area contributed by atoms with Crippen molar-refractivity contribution in [2.45, 2.75) is 27.2 Å². The number of hydrogen-bond donors (Lipinski definition) is 1. The second-order valence-electron chi connectivity index (χ2n) is 2.36. The van der Waals surface area contributed by atoms with Gasteiger partial charge in [0.1, 0.15) is 0 Å². The normalized spacial score (nSPS) is 12.2. The Bertz CT molecular complexity index is 330. The van der Waals surface area contributed by atoms with E-state index < -0.39 is 0 Å². The summed E-state index contributed by atoms with van der Waals surface area (Å²) in [6.07, 6.45) is 8.96. The highest BCUT2D eigenvalue weighted by Crippen LogP contribution is 1.74. The van der Waals surface area contributed by atoms with Gasteiger partial charge in [0.05, 0.1) is 0 Å². The number of H-pyrrole nitrogens is 1. The molecule has 1 heteroatoms. The van der Waals surface area contributed by atoms with Crippen molar-refractivity contribution in [2.24, 2.45) is 0 Å². The number of aromatic nitrogens is 1. The summed E-state index contributed by atoms with van der Waals surface area (Å²) in [7, 11) is 0. The maximum atomic E-state index is 3.65. The Morgan fingerprint density at radius 3 is 2.69 bits per heavy atom. The second kappa shape index (κ2) is 7.41. The van der Waals surface area contributed by atoms with E-state index >= 15 is 0 Å². The molecule has 1 N–H and O–H groups in total. The first-order valence-electron chi connectivity index (χ1n) is 4.84. The van der Waals surface area contributed by atoms with Crippen LogP contribution < -0.4 is 10.6 Å². The van der Waals surface area contributed by atoms with E-state index in [4.69, 9.17) is 0 Å². The van der Waals surface area contributed by atoms with Crippen molar-refractivity contribution < 1.29 is 0 Å². The highest BCUT2D eigenvalue weighted by Gasteiger charge is 1.81. The molecule has 0 amide bonds. The molecule has 0 aromatic carbocycles. The van der Waals surface area contributed by atoms with E-state index in [2.05, 4.69) is 30.6 Å². The molecule has 72 valence electrons. The molecule has 0 saturated carbocycles. The maximum Gasteiger partial charge on any atom is 0.0450 e. The van der Waals surface area contributed by atoms with Crippen molar-refractivity contribution in [2.75, 3.05) is 0 Å². The van der Waals surface area contributed by atoms with Crippen LogP contribution in [0.25, 0.3) is 12.2 Å². The van der Waals surface area contributed by atoms with Gasteiger partial charge in [0.15, 0.2) is 0 Å². The predicted molar refractivity (Wildman–Crippen MR) is 60.8 cm³/mol. The lowest BCUT2D eigenvalue weighted by Crippen LogP contribution is -2.21. The van der Waals surface area contributed by atoms with Gasteiger partial charge >= 0.3 is 0 Å². The standard InChI is InChI=1S/C10H13N.C2H6/c1-3-5-9-7-8-11-10(9)6-4-2;1-2/h4-8,11H,2-3H2,1H3;1-2H3/b9-5-,10-6+;. The van der Waals surface area contributed by atoms with Gasteiger partial charge in [-0.2, -0.15) is 0 Å². The van der Waals surface area contributed by atoms with Gasteiger partial charge in [-0.15, -0.1) is 0 Å². The highest BCUT2D eigenvalue weighted by molar-refractivity contribution is 5.35. The number of rotatable bonds is 2. The van der Waals surface area contributed by atoms with Crippen LogP contribution >= 0.6 is 0 Å². The summed E-state index contributed by atoms with van der Waals surface area (Å²) in [5, 5.41) is 2.40. The first kappa shape index (κ1) is 11.8. The zero-order valence-electron chi connectivity index (χ0n) is 8.80. The lowest BCUT2D eigenvalue weighted by Gasteiger charge is -1.77. The molecule has 0 bridgehead atoms. The lowest BCUT2D eigenvalue weighted by molar-refractivity contribution is 1.27. The van der Waals surface area contributed by atoms with E-state index in [1.807, 2.05) is 26.1 Å². The highest BCUT2D eigenvalue weighted by atomic mass is 14.6. The average molecular weight is 177 g/mol. The fourth-order valence-corrected chi connectivity index (χ4v) is 1.05. The molecule has 1 aromatic rings. The molecule has 1 rings (SSSR count). The van der Waals surface area contributed by atoms with Crippen molar-refractivity contribution in [3.05, 3.63) is 35.5 Å². The van der Waals surface area contributed by atoms with E-state index in [9.17, 15) is 0 Å². The number of allylic oxidation sites excluding steroid dienone is 1. The Kier molecular flexibility index (Phi) is 6.70. The first-order chi connectivity index (χ1) is 6.38. The summed E-state index contributed by atoms with van der Waals surface area (Å²) in [6, 6.07) is 2.07. The molecule has 0 aliphatic rings. The third kappa shape index (κ3) is 3.79. The zero-order valence-corrected chi connectivity index (χ0v) is 8.80. The Morgan fingerprint density at radius 1 is 1.46 bits per heavy atom. The molecule has 0 radical (unpaired) electrons. The molecule has 1 aromatic heterocycles. The SMILES string of the molecule is C=C/C=c1/[nH]cc/c1=C/CC.CC. The molecule has 13 heavy (non-hydrogen) atoms. The van der Waals surface area contributed by atoms with Crippen molar-refractivity contribution in [3.63, 3.8) is 0 Å². The van der Waals surface area contributed by atoms with Gasteiger partial charge in [-0.1, -0.05) is 39.5 Å². The third-order valence-corrected chi connectivity index (χ3v) is 1.52. The van der Waals surface area contributed by atoms with Crippen LogP contribution in [0.15, 0.2) is 24.9 Å². The molecule has 0 unspecified atom stereocenters. The summed E-state index contributed by atoms with van der Waals surface area (Å²) in [5.74, 6) is 0. The Hall–Kier alpha value is -1.24. The summed E-state index contributed by atoms with van der Waals surface area (Å²) >= 11 is 0. The van der Waals surface area contributed by atoms with Crippen LogP contribution in [0.4, 0.5) is 0 Å².